The molecule has 0 atom stereocenters. The third kappa shape index (κ3) is 3.31. The van der Waals surface area contributed by atoms with E-state index in [0.717, 1.165) is 30.6 Å². The highest BCUT2D eigenvalue weighted by Crippen LogP contribution is 2.30. The van der Waals surface area contributed by atoms with Crippen molar-refractivity contribution in [2.75, 3.05) is 23.7 Å². The second-order valence-corrected chi connectivity index (χ2v) is 4.70. The van der Waals surface area contributed by atoms with Crippen LogP contribution >= 0.6 is 0 Å². The minimum absolute atomic E-state index is 0.146. The second kappa shape index (κ2) is 5.08. The largest absolute Gasteiger partial charge is 0.399 e. The number of hydrogen-bond acceptors (Lipinski definition) is 2. The van der Waals surface area contributed by atoms with Crippen molar-refractivity contribution in [2.45, 2.75) is 31.9 Å². The summed E-state index contributed by atoms with van der Waals surface area (Å²) in [6.07, 6.45) is -2.69. The van der Waals surface area contributed by atoms with Crippen LogP contribution in [0.15, 0.2) is 18.2 Å². The van der Waals surface area contributed by atoms with Gasteiger partial charge in [-0.3, -0.25) is 0 Å². The van der Waals surface area contributed by atoms with Gasteiger partial charge in [0.15, 0.2) is 0 Å². The Hall–Kier alpha value is -1.39. The van der Waals surface area contributed by atoms with Gasteiger partial charge in [-0.2, -0.15) is 13.2 Å². The van der Waals surface area contributed by atoms with Crippen molar-refractivity contribution in [1.82, 2.24) is 0 Å². The first kappa shape index (κ1) is 13.1. The molecule has 2 N–H and O–H groups in total. The molecular weight excluding hydrogens is 241 g/mol. The van der Waals surface area contributed by atoms with E-state index in [0.29, 0.717) is 12.2 Å². The van der Waals surface area contributed by atoms with Gasteiger partial charge in [-0.15, -0.1) is 0 Å². The number of rotatable bonds is 3. The van der Waals surface area contributed by atoms with Gasteiger partial charge in [0.2, 0.25) is 0 Å². The molecule has 2 rings (SSSR count). The van der Waals surface area contributed by atoms with Gasteiger partial charge >= 0.3 is 6.18 Å². The molecule has 0 aliphatic carbocycles. The van der Waals surface area contributed by atoms with Gasteiger partial charge < -0.3 is 10.6 Å². The number of nitrogens with two attached hydrogens (primary N) is 1. The van der Waals surface area contributed by atoms with Crippen molar-refractivity contribution in [2.24, 2.45) is 0 Å². The Kier molecular flexibility index (Phi) is 3.68. The summed E-state index contributed by atoms with van der Waals surface area (Å²) in [4.78, 5) is 2.03. The van der Waals surface area contributed by atoms with Crippen LogP contribution in [0.2, 0.25) is 0 Å². The lowest BCUT2D eigenvalue weighted by Crippen LogP contribution is -2.31. The number of fused-ring (bicyclic) bond motifs is 1. The maximum absolute atomic E-state index is 12.1. The van der Waals surface area contributed by atoms with Gasteiger partial charge in [-0.25, -0.2) is 0 Å². The van der Waals surface area contributed by atoms with E-state index in [2.05, 4.69) is 0 Å². The summed E-state index contributed by atoms with van der Waals surface area (Å²) >= 11 is 0. The van der Waals surface area contributed by atoms with E-state index in [1.54, 1.807) is 6.07 Å². The number of aryl methyl sites for hydroxylation is 1. The molecule has 100 valence electrons. The molecule has 0 aromatic heterocycles. The van der Waals surface area contributed by atoms with E-state index in [9.17, 15) is 13.2 Å². The average molecular weight is 258 g/mol. The Morgan fingerprint density at radius 2 is 2.06 bits per heavy atom. The number of alkyl halides is 3. The Morgan fingerprint density at radius 1 is 1.28 bits per heavy atom. The van der Waals surface area contributed by atoms with Crippen LogP contribution in [0.1, 0.15) is 24.8 Å². The number of anilines is 2. The van der Waals surface area contributed by atoms with Crippen LogP contribution < -0.4 is 10.6 Å². The fourth-order valence-electron chi connectivity index (χ4n) is 2.40. The molecule has 18 heavy (non-hydrogen) atoms. The molecule has 0 unspecified atom stereocenters. The minimum Gasteiger partial charge on any atom is -0.399 e. The summed E-state index contributed by atoms with van der Waals surface area (Å²) in [5.74, 6) is 0. The van der Waals surface area contributed by atoms with Gasteiger partial charge in [0.1, 0.15) is 0 Å². The predicted molar refractivity (Wildman–Crippen MR) is 66.7 cm³/mol. The van der Waals surface area contributed by atoms with Crippen molar-refractivity contribution in [1.29, 1.82) is 0 Å². The first-order chi connectivity index (χ1) is 8.46. The Labute approximate surface area is 105 Å². The first-order valence-corrected chi connectivity index (χ1v) is 6.16. The molecule has 0 amide bonds. The zero-order chi connectivity index (χ0) is 13.2. The maximum atomic E-state index is 12.1. The molecule has 1 aromatic carbocycles. The van der Waals surface area contributed by atoms with Crippen LogP contribution in [0.3, 0.4) is 0 Å². The van der Waals surface area contributed by atoms with E-state index in [1.165, 1.54) is 0 Å². The van der Waals surface area contributed by atoms with Crippen molar-refractivity contribution >= 4 is 11.4 Å². The van der Waals surface area contributed by atoms with Crippen LogP contribution in [0, 0.1) is 0 Å². The minimum atomic E-state index is -4.06. The molecule has 0 spiro atoms. The molecule has 0 saturated heterocycles. The zero-order valence-corrected chi connectivity index (χ0v) is 10.1. The number of benzene rings is 1. The van der Waals surface area contributed by atoms with E-state index in [4.69, 9.17) is 5.73 Å². The van der Waals surface area contributed by atoms with Gasteiger partial charge in [0, 0.05) is 30.9 Å². The lowest BCUT2D eigenvalue weighted by atomic mass is 10.0. The normalized spacial score (nSPS) is 15.6. The third-order valence-corrected chi connectivity index (χ3v) is 3.21. The highest BCUT2D eigenvalue weighted by molar-refractivity contribution is 5.61. The lowest BCUT2D eigenvalue weighted by Gasteiger charge is -2.31. The molecule has 2 nitrogen and oxygen atoms in total. The molecule has 5 heteroatoms. The maximum Gasteiger partial charge on any atom is 0.389 e. The van der Waals surface area contributed by atoms with E-state index < -0.39 is 12.6 Å². The number of nitrogens with zero attached hydrogens (tertiary/aromatic N) is 1. The van der Waals surface area contributed by atoms with Crippen molar-refractivity contribution < 1.29 is 13.2 Å². The van der Waals surface area contributed by atoms with Gasteiger partial charge in [0.05, 0.1) is 0 Å². The van der Waals surface area contributed by atoms with Crippen LogP contribution in [-0.4, -0.2) is 19.3 Å². The van der Waals surface area contributed by atoms with Crippen LogP contribution in [0.4, 0.5) is 24.5 Å². The standard InChI is InChI=1S/C13H17F3N2/c14-13(15,16)6-2-8-18-7-1-3-10-9-11(17)4-5-12(10)18/h4-5,9H,1-3,6-8,17H2. The van der Waals surface area contributed by atoms with Crippen molar-refractivity contribution in [3.8, 4) is 0 Å². The molecule has 0 radical (unpaired) electrons. The first-order valence-electron chi connectivity index (χ1n) is 6.16. The van der Waals surface area contributed by atoms with Crippen LogP contribution in [-0.2, 0) is 6.42 Å². The Balaban J connectivity index is 2.00. The number of halogens is 3. The third-order valence-electron chi connectivity index (χ3n) is 3.21. The van der Waals surface area contributed by atoms with Gasteiger partial charge in [-0.1, -0.05) is 0 Å². The summed E-state index contributed by atoms with van der Waals surface area (Å²) in [6.45, 7) is 1.28. The van der Waals surface area contributed by atoms with Gasteiger partial charge in [0.25, 0.3) is 0 Å². The van der Waals surface area contributed by atoms with Crippen molar-refractivity contribution in [3.63, 3.8) is 0 Å². The highest BCUT2D eigenvalue weighted by Gasteiger charge is 2.27. The second-order valence-electron chi connectivity index (χ2n) is 4.70. The zero-order valence-electron chi connectivity index (χ0n) is 10.1. The molecular formula is C13H17F3N2. The smallest absolute Gasteiger partial charge is 0.389 e. The molecule has 1 heterocycles. The van der Waals surface area contributed by atoms with E-state index in [1.807, 2.05) is 17.0 Å². The topological polar surface area (TPSA) is 29.3 Å². The summed E-state index contributed by atoms with van der Waals surface area (Å²) in [5.41, 5.74) is 8.62. The quantitative estimate of drug-likeness (QED) is 0.842. The van der Waals surface area contributed by atoms with Gasteiger partial charge in [-0.05, 0) is 43.0 Å². The molecule has 1 aliphatic heterocycles. The highest BCUT2D eigenvalue weighted by atomic mass is 19.4. The number of hydrogen-bond donors (Lipinski definition) is 1. The number of nitrogen functional groups attached to an aromatic ring is 1. The Morgan fingerprint density at radius 3 is 2.78 bits per heavy atom. The fraction of sp³-hybridized carbons (Fsp3) is 0.538. The van der Waals surface area contributed by atoms with E-state index in [-0.39, 0.29) is 6.42 Å². The molecule has 0 saturated carbocycles. The monoisotopic (exact) mass is 258 g/mol. The molecule has 0 fully saturated rings. The Bertz CT molecular complexity index is 415. The molecule has 1 aromatic rings. The predicted octanol–water partition coefficient (Wildman–Crippen LogP) is 3.36. The average Bonchev–Trinajstić information content (AvgIpc) is 2.27. The summed E-state index contributed by atoms with van der Waals surface area (Å²) in [5, 5.41) is 0. The molecule has 0 bridgehead atoms. The molecule has 1 aliphatic rings. The van der Waals surface area contributed by atoms with E-state index >= 15 is 0 Å². The van der Waals surface area contributed by atoms with Crippen LogP contribution in [0.25, 0.3) is 0 Å². The lowest BCUT2D eigenvalue weighted by molar-refractivity contribution is -0.135. The van der Waals surface area contributed by atoms with Crippen LogP contribution in [0.5, 0.6) is 0 Å². The fourth-order valence-corrected chi connectivity index (χ4v) is 2.40. The summed E-state index contributed by atoms with van der Waals surface area (Å²) in [7, 11) is 0. The SMILES string of the molecule is Nc1ccc2c(c1)CCCN2CCCC(F)(F)F. The summed E-state index contributed by atoms with van der Waals surface area (Å²) in [6, 6.07) is 5.64. The summed E-state index contributed by atoms with van der Waals surface area (Å²) < 4.78 is 36.4. The van der Waals surface area contributed by atoms with Crippen molar-refractivity contribution in [3.05, 3.63) is 23.8 Å².